The molecule has 1 saturated heterocycles. The van der Waals surface area contributed by atoms with Crippen LogP contribution in [0.3, 0.4) is 0 Å². The molecule has 6 heteroatoms. The molecule has 1 aromatic carbocycles. The van der Waals surface area contributed by atoms with Crippen LogP contribution in [0.5, 0.6) is 11.5 Å². The molecule has 0 N–H and O–H groups in total. The summed E-state index contributed by atoms with van der Waals surface area (Å²) in [6.45, 7) is 6.08. The average Bonchev–Trinajstić information content (AvgIpc) is 3.26. The van der Waals surface area contributed by atoms with Gasteiger partial charge in [-0.2, -0.15) is 0 Å². The Balaban J connectivity index is 1.78. The van der Waals surface area contributed by atoms with E-state index >= 15 is 0 Å². The summed E-state index contributed by atoms with van der Waals surface area (Å²) in [5.74, 6) is 1.47. The van der Waals surface area contributed by atoms with Gasteiger partial charge in [-0.3, -0.25) is 4.79 Å². The van der Waals surface area contributed by atoms with E-state index in [0.29, 0.717) is 17.9 Å². The van der Waals surface area contributed by atoms with Crippen molar-refractivity contribution in [3.8, 4) is 11.5 Å². The van der Waals surface area contributed by atoms with E-state index in [-0.39, 0.29) is 30.5 Å². The number of carbonyl (C=O) groups excluding carboxylic acids is 1. The second-order valence-corrected chi connectivity index (χ2v) is 7.12. The number of hydrogen-bond acceptors (Lipinski definition) is 6. The van der Waals surface area contributed by atoms with Crippen LogP contribution in [0.25, 0.3) is 0 Å². The van der Waals surface area contributed by atoms with Crippen LogP contribution in [0.1, 0.15) is 25.0 Å². The van der Waals surface area contributed by atoms with E-state index < -0.39 is 11.7 Å². The van der Waals surface area contributed by atoms with E-state index in [1.165, 1.54) is 0 Å². The molecular weight excluding hydrogens is 348 g/mol. The molecule has 144 valence electrons. The first-order chi connectivity index (χ1) is 13.1. The molecule has 5 atom stereocenters. The van der Waals surface area contributed by atoms with Crippen LogP contribution < -0.4 is 9.47 Å². The summed E-state index contributed by atoms with van der Waals surface area (Å²) >= 11 is 0. The van der Waals surface area contributed by atoms with E-state index in [9.17, 15) is 4.79 Å². The normalized spacial score (nSPS) is 34.2. The largest absolute Gasteiger partial charge is 0.498 e. The van der Waals surface area contributed by atoms with Gasteiger partial charge in [0.1, 0.15) is 11.9 Å². The summed E-state index contributed by atoms with van der Waals surface area (Å²) in [5.41, 5.74) is 0.120. The molecule has 27 heavy (non-hydrogen) atoms. The van der Waals surface area contributed by atoms with E-state index in [0.717, 1.165) is 11.3 Å². The maximum atomic E-state index is 12.7. The first-order valence-corrected chi connectivity index (χ1v) is 9.07. The topological polar surface area (TPSA) is 63.2 Å². The van der Waals surface area contributed by atoms with E-state index in [1.807, 2.05) is 18.2 Å². The number of rotatable bonds is 5. The van der Waals surface area contributed by atoms with Gasteiger partial charge in [-0.25, -0.2) is 0 Å². The van der Waals surface area contributed by atoms with Gasteiger partial charge in [0.2, 0.25) is 6.79 Å². The fourth-order valence-electron chi connectivity index (χ4n) is 4.62. The number of allylic oxidation sites excluding steroid dienone is 2. The molecule has 0 unspecified atom stereocenters. The van der Waals surface area contributed by atoms with Gasteiger partial charge >= 0.3 is 0 Å². The highest BCUT2D eigenvalue weighted by atomic mass is 16.7. The van der Waals surface area contributed by atoms with Crippen molar-refractivity contribution in [2.24, 2.45) is 11.8 Å². The first kappa shape index (κ1) is 18.1. The minimum absolute atomic E-state index is 0.0250. The van der Waals surface area contributed by atoms with E-state index in [1.54, 1.807) is 26.4 Å². The lowest BCUT2D eigenvalue weighted by Crippen LogP contribution is -2.54. The third-order valence-electron chi connectivity index (χ3n) is 5.94. The highest BCUT2D eigenvalue weighted by Crippen LogP contribution is 2.55. The van der Waals surface area contributed by atoms with Crippen LogP contribution in [-0.2, 0) is 19.0 Å². The number of ether oxygens (including phenoxy) is 5. The maximum Gasteiger partial charge on any atom is 0.231 e. The van der Waals surface area contributed by atoms with Crippen LogP contribution in [0, 0.1) is 11.8 Å². The highest BCUT2D eigenvalue weighted by Gasteiger charge is 2.63. The molecule has 0 aromatic heterocycles. The van der Waals surface area contributed by atoms with Crippen molar-refractivity contribution in [2.75, 3.05) is 21.0 Å². The van der Waals surface area contributed by atoms with Gasteiger partial charge in [-0.1, -0.05) is 19.1 Å². The number of methoxy groups -OCH3 is 2. The Morgan fingerprint density at radius 1 is 1.30 bits per heavy atom. The lowest BCUT2D eigenvalue weighted by Gasteiger charge is -2.42. The maximum absolute atomic E-state index is 12.7. The molecule has 0 amide bonds. The highest BCUT2D eigenvalue weighted by molar-refractivity contribution is 5.94. The number of fused-ring (bicyclic) bond motifs is 2. The van der Waals surface area contributed by atoms with Gasteiger partial charge in [-0.05, 0) is 24.1 Å². The minimum atomic E-state index is -0.836. The summed E-state index contributed by atoms with van der Waals surface area (Å²) in [5, 5.41) is 0. The van der Waals surface area contributed by atoms with Crippen molar-refractivity contribution in [3.63, 3.8) is 0 Å². The molecule has 0 saturated carbocycles. The van der Waals surface area contributed by atoms with Crippen LogP contribution in [0.15, 0.2) is 42.7 Å². The standard InChI is InChI=1S/C21H24O6/c1-5-6-14-15(22)10-18(23-3)21(24-4)12(2)19(27-20(14)21)13-7-8-16-17(9-13)26-11-25-16/h5,7-10,12,14,19-20H,1,6,11H2,2-4H3/t12-,14-,19+,20-,21-/m1/s1. The molecule has 3 aliphatic rings. The Hall–Kier alpha value is -2.31. The second kappa shape index (κ2) is 6.69. The monoisotopic (exact) mass is 372 g/mol. The van der Waals surface area contributed by atoms with Gasteiger partial charge in [0.25, 0.3) is 0 Å². The van der Waals surface area contributed by atoms with Gasteiger partial charge in [0, 0.05) is 19.1 Å². The molecule has 6 nitrogen and oxygen atoms in total. The van der Waals surface area contributed by atoms with Crippen LogP contribution in [0.2, 0.25) is 0 Å². The summed E-state index contributed by atoms with van der Waals surface area (Å²) < 4.78 is 29.0. The zero-order valence-electron chi connectivity index (χ0n) is 15.8. The van der Waals surface area contributed by atoms with Gasteiger partial charge in [-0.15, -0.1) is 6.58 Å². The van der Waals surface area contributed by atoms with Crippen molar-refractivity contribution in [2.45, 2.75) is 31.2 Å². The van der Waals surface area contributed by atoms with Crippen LogP contribution >= 0.6 is 0 Å². The summed E-state index contributed by atoms with van der Waals surface area (Å²) in [4.78, 5) is 12.7. The Bertz CT molecular complexity index is 800. The number of carbonyl (C=O) groups is 1. The molecule has 1 aliphatic carbocycles. The Morgan fingerprint density at radius 3 is 2.78 bits per heavy atom. The number of hydrogen-bond donors (Lipinski definition) is 0. The lowest BCUT2D eigenvalue weighted by atomic mass is 9.71. The smallest absolute Gasteiger partial charge is 0.231 e. The predicted octanol–water partition coefficient (Wildman–Crippen LogP) is 3.18. The fraction of sp³-hybridized carbons (Fsp3) is 0.476. The summed E-state index contributed by atoms with van der Waals surface area (Å²) in [6, 6.07) is 5.79. The van der Waals surface area contributed by atoms with Crippen LogP contribution in [-0.4, -0.2) is 38.5 Å². The second-order valence-electron chi connectivity index (χ2n) is 7.12. The molecule has 1 fully saturated rings. The molecule has 4 rings (SSSR count). The van der Waals surface area contributed by atoms with Gasteiger partial charge < -0.3 is 23.7 Å². The summed E-state index contributed by atoms with van der Waals surface area (Å²) in [6.07, 6.45) is 3.08. The molecule has 0 spiro atoms. The van der Waals surface area contributed by atoms with Crippen LogP contribution in [0.4, 0.5) is 0 Å². The van der Waals surface area contributed by atoms with Gasteiger partial charge in [0.05, 0.1) is 19.1 Å². The van der Waals surface area contributed by atoms with Crippen molar-refractivity contribution in [1.82, 2.24) is 0 Å². The van der Waals surface area contributed by atoms with E-state index in [2.05, 4.69) is 13.5 Å². The first-order valence-electron chi connectivity index (χ1n) is 9.07. The van der Waals surface area contributed by atoms with E-state index in [4.69, 9.17) is 23.7 Å². The quantitative estimate of drug-likeness (QED) is 0.740. The van der Waals surface area contributed by atoms with Crippen molar-refractivity contribution in [3.05, 3.63) is 48.3 Å². The third-order valence-corrected chi connectivity index (χ3v) is 5.94. The molecule has 0 bridgehead atoms. The zero-order chi connectivity index (χ0) is 19.2. The molecule has 2 aliphatic heterocycles. The lowest BCUT2D eigenvalue weighted by molar-refractivity contribution is -0.141. The zero-order valence-corrected chi connectivity index (χ0v) is 15.8. The minimum Gasteiger partial charge on any atom is -0.498 e. The average molecular weight is 372 g/mol. The Kier molecular flexibility index (Phi) is 4.48. The molecule has 2 heterocycles. The fourth-order valence-corrected chi connectivity index (χ4v) is 4.62. The molecule has 1 aromatic rings. The third kappa shape index (κ3) is 2.51. The van der Waals surface area contributed by atoms with Crippen molar-refractivity contribution in [1.29, 1.82) is 0 Å². The van der Waals surface area contributed by atoms with Crippen molar-refractivity contribution < 1.29 is 28.5 Å². The Labute approximate surface area is 158 Å². The number of ketones is 1. The van der Waals surface area contributed by atoms with Crippen molar-refractivity contribution >= 4 is 5.78 Å². The Morgan fingerprint density at radius 2 is 2.07 bits per heavy atom. The SMILES string of the molecule is C=CC[C@@H]1C(=O)C=C(OC)[C@]2(OC)[C@H](C)[C@@H](c3ccc4c(c3)OCO4)O[C@H]12. The van der Waals surface area contributed by atoms with Gasteiger partial charge in [0.15, 0.2) is 22.9 Å². The predicted molar refractivity (Wildman–Crippen MR) is 97.5 cm³/mol. The number of benzene rings is 1. The molecule has 0 radical (unpaired) electrons. The molecular formula is C21H24O6. The summed E-state index contributed by atoms with van der Waals surface area (Å²) in [7, 11) is 3.20.